The highest BCUT2D eigenvalue weighted by molar-refractivity contribution is 7.90. The summed E-state index contributed by atoms with van der Waals surface area (Å²) in [6.45, 7) is 2.92. The molecule has 5 nitrogen and oxygen atoms in total. The van der Waals surface area contributed by atoms with E-state index in [9.17, 15) is 8.42 Å². The standard InChI is InChI=1S/C14H23NO4S/c1-11(15-7-8-20(4,16)17)12-5-6-14(19-3)13(9-12)10-18-2/h5-6,9,11,15H,7-8,10H2,1-4H3. The van der Waals surface area contributed by atoms with Gasteiger partial charge in [0, 0.05) is 31.5 Å². The normalized spacial score (nSPS) is 13.2. The van der Waals surface area contributed by atoms with E-state index in [0.29, 0.717) is 13.2 Å². The lowest BCUT2D eigenvalue weighted by atomic mass is 10.0. The Hall–Kier alpha value is -1.11. The Morgan fingerprint density at radius 3 is 2.55 bits per heavy atom. The van der Waals surface area contributed by atoms with Crippen molar-refractivity contribution in [2.45, 2.75) is 19.6 Å². The fraction of sp³-hybridized carbons (Fsp3) is 0.571. The molecule has 0 aliphatic heterocycles. The highest BCUT2D eigenvalue weighted by atomic mass is 32.2. The minimum Gasteiger partial charge on any atom is -0.496 e. The van der Waals surface area contributed by atoms with Gasteiger partial charge in [-0.1, -0.05) is 6.07 Å². The lowest BCUT2D eigenvalue weighted by Crippen LogP contribution is -2.25. The van der Waals surface area contributed by atoms with Gasteiger partial charge in [-0.2, -0.15) is 0 Å². The van der Waals surface area contributed by atoms with Gasteiger partial charge < -0.3 is 14.8 Å². The number of benzene rings is 1. The number of rotatable bonds is 8. The van der Waals surface area contributed by atoms with Crippen molar-refractivity contribution in [2.24, 2.45) is 0 Å². The SMILES string of the molecule is COCc1cc(C(C)NCCS(C)(=O)=O)ccc1OC. The molecule has 0 amide bonds. The second-order valence-corrected chi connectivity index (χ2v) is 7.07. The van der Waals surface area contributed by atoms with E-state index in [1.165, 1.54) is 6.26 Å². The Morgan fingerprint density at radius 1 is 1.30 bits per heavy atom. The van der Waals surface area contributed by atoms with Crippen molar-refractivity contribution < 1.29 is 17.9 Å². The van der Waals surface area contributed by atoms with Crippen LogP contribution in [0.25, 0.3) is 0 Å². The molecule has 0 radical (unpaired) electrons. The van der Waals surface area contributed by atoms with Crippen molar-refractivity contribution in [2.75, 3.05) is 32.8 Å². The van der Waals surface area contributed by atoms with Gasteiger partial charge in [0.1, 0.15) is 15.6 Å². The zero-order chi connectivity index (χ0) is 15.2. The molecule has 1 N–H and O–H groups in total. The summed E-state index contributed by atoms with van der Waals surface area (Å²) in [5.41, 5.74) is 2.05. The van der Waals surface area contributed by atoms with Gasteiger partial charge in [0.25, 0.3) is 0 Å². The average Bonchev–Trinajstić information content (AvgIpc) is 2.37. The summed E-state index contributed by atoms with van der Waals surface area (Å²) < 4.78 is 32.6. The summed E-state index contributed by atoms with van der Waals surface area (Å²) in [6, 6.07) is 5.95. The van der Waals surface area contributed by atoms with Crippen molar-refractivity contribution >= 4 is 9.84 Å². The maximum Gasteiger partial charge on any atom is 0.148 e. The number of hydrogen-bond donors (Lipinski definition) is 1. The van der Waals surface area contributed by atoms with Crippen molar-refractivity contribution in [3.63, 3.8) is 0 Å². The predicted octanol–water partition coefficient (Wildman–Crippen LogP) is 1.54. The van der Waals surface area contributed by atoms with E-state index in [1.54, 1.807) is 14.2 Å². The highest BCUT2D eigenvalue weighted by Gasteiger charge is 2.10. The Kier molecular flexibility index (Phi) is 6.45. The topological polar surface area (TPSA) is 64.6 Å². The summed E-state index contributed by atoms with van der Waals surface area (Å²) in [7, 11) is 0.334. The first-order valence-electron chi connectivity index (χ1n) is 6.44. The molecule has 0 aromatic heterocycles. The second-order valence-electron chi connectivity index (χ2n) is 4.81. The number of methoxy groups -OCH3 is 2. The van der Waals surface area contributed by atoms with Gasteiger partial charge in [0.15, 0.2) is 0 Å². The smallest absolute Gasteiger partial charge is 0.148 e. The summed E-state index contributed by atoms with van der Waals surface area (Å²) in [5.74, 6) is 0.928. The van der Waals surface area contributed by atoms with E-state index in [0.717, 1.165) is 16.9 Å². The van der Waals surface area contributed by atoms with Crippen LogP contribution in [0.3, 0.4) is 0 Å². The number of nitrogens with one attached hydrogen (secondary N) is 1. The molecule has 0 aliphatic carbocycles. The molecule has 1 atom stereocenters. The van der Waals surface area contributed by atoms with E-state index >= 15 is 0 Å². The van der Waals surface area contributed by atoms with Crippen LogP contribution in [0.1, 0.15) is 24.1 Å². The quantitative estimate of drug-likeness (QED) is 0.789. The molecule has 0 spiro atoms. The Labute approximate surface area is 121 Å². The molecule has 0 bridgehead atoms. The van der Waals surface area contributed by atoms with E-state index in [-0.39, 0.29) is 11.8 Å². The minimum atomic E-state index is -2.93. The first-order valence-corrected chi connectivity index (χ1v) is 8.50. The molecule has 1 aromatic rings. The highest BCUT2D eigenvalue weighted by Crippen LogP contribution is 2.23. The van der Waals surface area contributed by atoms with Crippen molar-refractivity contribution in [1.29, 1.82) is 0 Å². The molecule has 0 saturated carbocycles. The van der Waals surface area contributed by atoms with Crippen LogP contribution >= 0.6 is 0 Å². The summed E-state index contributed by atoms with van der Waals surface area (Å²) >= 11 is 0. The van der Waals surface area contributed by atoms with Crippen LogP contribution < -0.4 is 10.1 Å². The van der Waals surface area contributed by atoms with Gasteiger partial charge in [0.2, 0.25) is 0 Å². The molecule has 0 saturated heterocycles. The van der Waals surface area contributed by atoms with Gasteiger partial charge in [-0.15, -0.1) is 0 Å². The van der Waals surface area contributed by atoms with Gasteiger partial charge in [-0.3, -0.25) is 0 Å². The van der Waals surface area contributed by atoms with Crippen LogP contribution in [0, 0.1) is 0 Å². The third-order valence-corrected chi connectivity index (χ3v) is 3.97. The predicted molar refractivity (Wildman–Crippen MR) is 79.8 cm³/mol. The Bertz CT molecular complexity index is 528. The number of sulfone groups is 1. The third kappa shape index (κ3) is 5.48. The van der Waals surface area contributed by atoms with E-state index in [4.69, 9.17) is 9.47 Å². The van der Waals surface area contributed by atoms with Crippen molar-refractivity contribution in [1.82, 2.24) is 5.32 Å². The van der Waals surface area contributed by atoms with Crippen LogP contribution in [-0.2, 0) is 21.2 Å². The molecule has 114 valence electrons. The fourth-order valence-electron chi connectivity index (χ4n) is 1.91. The van der Waals surface area contributed by atoms with Gasteiger partial charge in [0.05, 0.1) is 19.5 Å². The van der Waals surface area contributed by atoms with Crippen molar-refractivity contribution in [3.8, 4) is 5.75 Å². The van der Waals surface area contributed by atoms with Gasteiger partial charge in [-0.05, 0) is 24.6 Å². The fourth-order valence-corrected chi connectivity index (χ4v) is 2.40. The lowest BCUT2D eigenvalue weighted by Gasteiger charge is -2.16. The second kappa shape index (κ2) is 7.61. The van der Waals surface area contributed by atoms with Crippen molar-refractivity contribution in [3.05, 3.63) is 29.3 Å². The third-order valence-electron chi connectivity index (χ3n) is 3.03. The van der Waals surface area contributed by atoms with Crippen LogP contribution in [-0.4, -0.2) is 41.2 Å². The summed E-state index contributed by atoms with van der Waals surface area (Å²) in [6.07, 6.45) is 1.24. The zero-order valence-corrected chi connectivity index (χ0v) is 13.3. The molecular formula is C14H23NO4S. The number of hydrogen-bond acceptors (Lipinski definition) is 5. The number of ether oxygens (including phenoxy) is 2. The van der Waals surface area contributed by atoms with Gasteiger partial charge in [-0.25, -0.2) is 8.42 Å². The molecular weight excluding hydrogens is 278 g/mol. The van der Waals surface area contributed by atoms with E-state index in [1.807, 2.05) is 25.1 Å². The molecule has 0 aliphatic rings. The molecule has 1 rings (SSSR count). The van der Waals surface area contributed by atoms with E-state index < -0.39 is 9.84 Å². The zero-order valence-electron chi connectivity index (χ0n) is 12.5. The summed E-state index contributed by atoms with van der Waals surface area (Å²) in [5, 5.41) is 3.20. The van der Waals surface area contributed by atoms with Crippen LogP contribution in [0.4, 0.5) is 0 Å². The minimum absolute atomic E-state index is 0.0678. The first kappa shape index (κ1) is 16.9. The maximum atomic E-state index is 11.1. The molecule has 6 heteroatoms. The Morgan fingerprint density at radius 2 is 2.00 bits per heavy atom. The summed E-state index contributed by atoms with van der Waals surface area (Å²) in [4.78, 5) is 0. The van der Waals surface area contributed by atoms with Crippen LogP contribution in [0.2, 0.25) is 0 Å². The van der Waals surface area contributed by atoms with Gasteiger partial charge >= 0.3 is 0 Å². The monoisotopic (exact) mass is 301 g/mol. The Balaban J connectivity index is 2.72. The van der Waals surface area contributed by atoms with E-state index in [2.05, 4.69) is 5.32 Å². The molecule has 1 unspecified atom stereocenters. The molecule has 0 fully saturated rings. The maximum absolute atomic E-state index is 11.1. The lowest BCUT2D eigenvalue weighted by molar-refractivity contribution is 0.181. The molecule has 0 heterocycles. The molecule has 20 heavy (non-hydrogen) atoms. The average molecular weight is 301 g/mol. The largest absolute Gasteiger partial charge is 0.496 e. The molecule has 1 aromatic carbocycles. The van der Waals surface area contributed by atoms with Crippen LogP contribution in [0.15, 0.2) is 18.2 Å². The van der Waals surface area contributed by atoms with Crippen LogP contribution in [0.5, 0.6) is 5.75 Å². The first-order chi connectivity index (χ1) is 9.37.